The van der Waals surface area contributed by atoms with Gasteiger partial charge in [0.2, 0.25) is 0 Å². The third-order valence-corrected chi connectivity index (χ3v) is 4.18. The molecule has 0 saturated heterocycles. The molecule has 3 rings (SSSR count). The summed E-state index contributed by atoms with van der Waals surface area (Å²) in [7, 11) is 3.92. The second-order valence-electron chi connectivity index (χ2n) is 6.50. The van der Waals surface area contributed by atoms with E-state index in [0.717, 1.165) is 17.8 Å². The highest BCUT2D eigenvalue weighted by atomic mass is 16.5. The van der Waals surface area contributed by atoms with E-state index in [1.807, 2.05) is 61.5 Å². The predicted octanol–water partition coefficient (Wildman–Crippen LogP) is 1.90. The molecule has 2 aromatic carbocycles. The van der Waals surface area contributed by atoms with Crippen LogP contribution in [0.4, 0.5) is 5.69 Å². The van der Waals surface area contributed by atoms with Crippen LogP contribution in [0.3, 0.4) is 0 Å². The molecule has 26 heavy (non-hydrogen) atoms. The molecular weight excluding hydrogens is 330 g/mol. The molecule has 0 unspecified atom stereocenters. The summed E-state index contributed by atoms with van der Waals surface area (Å²) in [6.45, 7) is 1.80. The van der Waals surface area contributed by atoms with Crippen LogP contribution >= 0.6 is 0 Å². The Hall–Kier alpha value is -2.86. The van der Waals surface area contributed by atoms with E-state index in [1.54, 1.807) is 11.0 Å². The van der Waals surface area contributed by atoms with Crippen LogP contribution in [0.1, 0.15) is 15.9 Å². The van der Waals surface area contributed by atoms with Crippen LogP contribution in [-0.4, -0.2) is 50.5 Å². The first kappa shape index (κ1) is 17.9. The Morgan fingerprint density at radius 3 is 2.81 bits per heavy atom. The number of nitrogens with one attached hydrogen (secondary N) is 1. The summed E-state index contributed by atoms with van der Waals surface area (Å²) in [6, 6.07) is 14.8. The molecule has 0 atom stereocenters. The second-order valence-corrected chi connectivity index (χ2v) is 6.50. The van der Waals surface area contributed by atoms with Gasteiger partial charge in [-0.1, -0.05) is 24.3 Å². The maximum Gasteiger partial charge on any atom is 0.265 e. The van der Waals surface area contributed by atoms with E-state index in [0.29, 0.717) is 24.4 Å². The van der Waals surface area contributed by atoms with Gasteiger partial charge in [-0.15, -0.1) is 0 Å². The van der Waals surface area contributed by atoms with Crippen LogP contribution in [0, 0.1) is 0 Å². The van der Waals surface area contributed by atoms with Gasteiger partial charge in [0, 0.05) is 18.7 Å². The minimum atomic E-state index is -0.109. The van der Waals surface area contributed by atoms with Gasteiger partial charge < -0.3 is 19.9 Å². The largest absolute Gasteiger partial charge is 0.482 e. The number of carbonyl (C=O) groups excluding carboxylic acids is 2. The van der Waals surface area contributed by atoms with Crippen molar-refractivity contribution in [2.45, 2.75) is 6.54 Å². The summed E-state index contributed by atoms with van der Waals surface area (Å²) in [5.74, 6) is 0.497. The Labute approximate surface area is 153 Å². The molecule has 1 aliphatic rings. The first-order valence-electron chi connectivity index (χ1n) is 8.58. The van der Waals surface area contributed by atoms with Gasteiger partial charge in [0.05, 0.1) is 12.2 Å². The second kappa shape index (κ2) is 8.01. The van der Waals surface area contributed by atoms with E-state index in [-0.39, 0.29) is 18.4 Å². The molecule has 2 amide bonds. The molecule has 0 aliphatic carbocycles. The molecule has 0 aromatic heterocycles. The SMILES string of the molecule is CN(C)CCNC(=O)c1cccc(CN2C(=O)COc3ccccc32)c1. The van der Waals surface area contributed by atoms with Gasteiger partial charge in [-0.25, -0.2) is 0 Å². The number of carbonyl (C=O) groups is 2. The lowest BCUT2D eigenvalue weighted by Crippen LogP contribution is -2.38. The number of anilines is 1. The van der Waals surface area contributed by atoms with Crippen molar-refractivity contribution in [3.63, 3.8) is 0 Å². The molecule has 0 fully saturated rings. The third kappa shape index (κ3) is 4.21. The van der Waals surface area contributed by atoms with Crippen molar-refractivity contribution < 1.29 is 14.3 Å². The maximum atomic E-state index is 12.3. The minimum Gasteiger partial charge on any atom is -0.482 e. The van der Waals surface area contributed by atoms with Gasteiger partial charge in [0.15, 0.2) is 6.61 Å². The molecule has 136 valence electrons. The number of amides is 2. The highest BCUT2D eigenvalue weighted by Crippen LogP contribution is 2.32. The molecule has 1 heterocycles. The lowest BCUT2D eigenvalue weighted by molar-refractivity contribution is -0.121. The maximum absolute atomic E-state index is 12.3. The number of para-hydroxylation sites is 2. The summed E-state index contributed by atoms with van der Waals surface area (Å²) < 4.78 is 5.47. The van der Waals surface area contributed by atoms with Crippen LogP contribution in [-0.2, 0) is 11.3 Å². The van der Waals surface area contributed by atoms with Gasteiger partial charge in [-0.2, -0.15) is 0 Å². The standard InChI is InChI=1S/C20H23N3O3/c1-22(2)11-10-21-20(25)16-7-5-6-15(12-16)13-23-17-8-3-4-9-18(17)26-14-19(23)24/h3-9,12H,10-11,13-14H2,1-2H3,(H,21,25). The van der Waals surface area contributed by atoms with Crippen molar-refractivity contribution in [2.75, 3.05) is 38.7 Å². The number of fused-ring (bicyclic) bond motifs is 1. The van der Waals surface area contributed by atoms with E-state index >= 15 is 0 Å². The van der Waals surface area contributed by atoms with Gasteiger partial charge in [-0.05, 0) is 43.9 Å². The normalized spacial score (nSPS) is 13.3. The third-order valence-electron chi connectivity index (χ3n) is 4.18. The highest BCUT2D eigenvalue weighted by molar-refractivity contribution is 5.98. The monoisotopic (exact) mass is 353 g/mol. The van der Waals surface area contributed by atoms with Crippen LogP contribution in [0.15, 0.2) is 48.5 Å². The van der Waals surface area contributed by atoms with Gasteiger partial charge in [-0.3, -0.25) is 9.59 Å². The fourth-order valence-electron chi connectivity index (χ4n) is 2.82. The molecule has 0 spiro atoms. The van der Waals surface area contributed by atoms with Gasteiger partial charge >= 0.3 is 0 Å². The number of ether oxygens (including phenoxy) is 1. The number of likely N-dealkylation sites (N-methyl/N-ethyl adjacent to an activating group) is 1. The Morgan fingerprint density at radius 1 is 1.19 bits per heavy atom. The van der Waals surface area contributed by atoms with Crippen molar-refractivity contribution in [1.82, 2.24) is 10.2 Å². The smallest absolute Gasteiger partial charge is 0.265 e. The number of hydrogen-bond acceptors (Lipinski definition) is 4. The Morgan fingerprint density at radius 2 is 2.00 bits per heavy atom. The van der Waals surface area contributed by atoms with Crippen LogP contribution < -0.4 is 15.0 Å². The average molecular weight is 353 g/mol. The number of rotatable bonds is 6. The summed E-state index contributed by atoms with van der Waals surface area (Å²) in [5, 5.41) is 2.90. The summed E-state index contributed by atoms with van der Waals surface area (Å²) >= 11 is 0. The number of benzene rings is 2. The average Bonchev–Trinajstić information content (AvgIpc) is 2.64. The quantitative estimate of drug-likeness (QED) is 0.862. The highest BCUT2D eigenvalue weighted by Gasteiger charge is 2.25. The van der Waals surface area contributed by atoms with E-state index in [4.69, 9.17) is 4.74 Å². The minimum absolute atomic E-state index is 0.0295. The predicted molar refractivity (Wildman–Crippen MR) is 100 cm³/mol. The van der Waals surface area contributed by atoms with Crippen LogP contribution in [0.25, 0.3) is 0 Å². The molecule has 0 radical (unpaired) electrons. The summed E-state index contributed by atoms with van der Waals surface area (Å²) in [5.41, 5.74) is 2.25. The molecular formula is C20H23N3O3. The van der Waals surface area contributed by atoms with Crippen LogP contribution in [0.5, 0.6) is 5.75 Å². The van der Waals surface area contributed by atoms with E-state index in [1.165, 1.54) is 0 Å². The van der Waals surface area contributed by atoms with E-state index in [2.05, 4.69) is 5.32 Å². The van der Waals surface area contributed by atoms with Crippen molar-refractivity contribution >= 4 is 17.5 Å². The molecule has 0 saturated carbocycles. The van der Waals surface area contributed by atoms with E-state index < -0.39 is 0 Å². The number of hydrogen-bond donors (Lipinski definition) is 1. The van der Waals surface area contributed by atoms with Gasteiger partial charge in [0.1, 0.15) is 5.75 Å². The lowest BCUT2D eigenvalue weighted by atomic mass is 10.1. The zero-order chi connectivity index (χ0) is 18.5. The molecule has 6 heteroatoms. The Bertz CT molecular complexity index is 804. The van der Waals surface area contributed by atoms with Crippen molar-refractivity contribution in [1.29, 1.82) is 0 Å². The van der Waals surface area contributed by atoms with E-state index in [9.17, 15) is 9.59 Å². The Balaban J connectivity index is 1.73. The summed E-state index contributed by atoms with van der Waals surface area (Å²) in [4.78, 5) is 28.3. The zero-order valence-corrected chi connectivity index (χ0v) is 15.1. The van der Waals surface area contributed by atoms with Crippen LogP contribution in [0.2, 0.25) is 0 Å². The molecule has 2 aromatic rings. The van der Waals surface area contributed by atoms with Crippen molar-refractivity contribution in [3.8, 4) is 5.75 Å². The molecule has 0 bridgehead atoms. The molecule has 6 nitrogen and oxygen atoms in total. The molecule has 1 N–H and O–H groups in total. The zero-order valence-electron chi connectivity index (χ0n) is 15.1. The lowest BCUT2D eigenvalue weighted by Gasteiger charge is -2.29. The van der Waals surface area contributed by atoms with Crippen molar-refractivity contribution in [3.05, 3.63) is 59.7 Å². The fourth-order valence-corrected chi connectivity index (χ4v) is 2.82. The number of nitrogens with zero attached hydrogens (tertiary/aromatic N) is 2. The molecule has 1 aliphatic heterocycles. The Kier molecular flexibility index (Phi) is 5.53. The first-order valence-corrected chi connectivity index (χ1v) is 8.58. The fraction of sp³-hybridized carbons (Fsp3) is 0.300. The van der Waals surface area contributed by atoms with Crippen molar-refractivity contribution in [2.24, 2.45) is 0 Å². The summed E-state index contributed by atoms with van der Waals surface area (Å²) in [6.07, 6.45) is 0. The van der Waals surface area contributed by atoms with Gasteiger partial charge in [0.25, 0.3) is 11.8 Å². The first-order chi connectivity index (χ1) is 12.5. The topological polar surface area (TPSA) is 61.9 Å².